The van der Waals surface area contributed by atoms with E-state index in [1.54, 1.807) is 12.1 Å². The fourth-order valence-electron chi connectivity index (χ4n) is 7.26. The molecule has 16 heteroatoms. The number of halogens is 10. The number of anilines is 6. The standard InChI is InChI=1S/C48H22F10N2O4/c49-35-37(51)41(55)45(42(56)38(35)52)59(27-7-3-1-4-8-27)29-17-15-25-19-31(47(61)63-33(25)21-29)23-11-13-24(14-12-23)32-20-26-16-18-30(22-34(26)64-48(32)62)60(28-9-5-2-6-10-28)46-43(57)39(53)36(50)40(54)44(46)58/h1-22H. The number of hydrogen-bond donors (Lipinski definition) is 0. The summed E-state index contributed by atoms with van der Waals surface area (Å²) in [5.74, 6) is -21.6. The molecule has 0 saturated heterocycles. The molecule has 0 aliphatic rings. The third-order valence-electron chi connectivity index (χ3n) is 10.3. The lowest BCUT2D eigenvalue weighted by Crippen LogP contribution is -2.17. The van der Waals surface area contributed by atoms with Gasteiger partial charge in [0.15, 0.2) is 46.5 Å². The van der Waals surface area contributed by atoms with Crippen molar-refractivity contribution in [3.8, 4) is 22.3 Å². The summed E-state index contributed by atoms with van der Waals surface area (Å²) >= 11 is 0. The zero-order valence-electron chi connectivity index (χ0n) is 32.0. The lowest BCUT2D eigenvalue weighted by atomic mass is 10.0. The first-order valence-corrected chi connectivity index (χ1v) is 18.7. The second-order valence-electron chi connectivity index (χ2n) is 14.1. The summed E-state index contributed by atoms with van der Waals surface area (Å²) in [5.41, 5.74) is -3.82. The Morgan fingerprint density at radius 2 is 0.641 bits per heavy atom. The summed E-state index contributed by atoms with van der Waals surface area (Å²) < 4.78 is 157. The van der Waals surface area contributed by atoms with Gasteiger partial charge in [-0.25, -0.2) is 53.5 Å². The Balaban J connectivity index is 1.05. The highest BCUT2D eigenvalue weighted by Gasteiger charge is 2.33. The molecule has 0 aliphatic carbocycles. The Hall–Kier alpha value is -8.14. The second kappa shape index (κ2) is 16.0. The van der Waals surface area contributed by atoms with Gasteiger partial charge in [0.2, 0.25) is 11.6 Å². The van der Waals surface area contributed by atoms with Crippen molar-refractivity contribution in [2.24, 2.45) is 0 Å². The summed E-state index contributed by atoms with van der Waals surface area (Å²) in [6.07, 6.45) is 0. The zero-order chi connectivity index (χ0) is 45.1. The topological polar surface area (TPSA) is 66.9 Å². The molecule has 0 amide bonds. The molecular weight excluding hydrogens is 859 g/mol. The predicted octanol–water partition coefficient (Wildman–Crippen LogP) is 13.6. The predicted molar refractivity (Wildman–Crippen MR) is 218 cm³/mol. The van der Waals surface area contributed by atoms with E-state index in [1.165, 1.54) is 121 Å². The van der Waals surface area contributed by atoms with Crippen LogP contribution in [0.15, 0.2) is 152 Å². The van der Waals surface area contributed by atoms with Crippen LogP contribution in [-0.2, 0) is 0 Å². The Morgan fingerprint density at radius 3 is 0.969 bits per heavy atom. The van der Waals surface area contributed by atoms with Crippen LogP contribution in [0.25, 0.3) is 44.2 Å². The van der Waals surface area contributed by atoms with Gasteiger partial charge in [0.25, 0.3) is 0 Å². The Labute approximate surface area is 352 Å². The summed E-state index contributed by atoms with van der Waals surface area (Å²) in [6, 6.07) is 31.5. The average Bonchev–Trinajstić information content (AvgIpc) is 3.31. The SMILES string of the molecule is O=c1oc2cc(N(c3ccccc3)c3c(F)c(F)c(F)c(F)c3F)ccc2cc1-c1ccc(-c2cc3ccc(N(c4ccccc4)c4c(F)c(F)c(F)c(F)c4F)cc3oc2=O)cc1. The summed E-state index contributed by atoms with van der Waals surface area (Å²) in [6.45, 7) is 0. The van der Waals surface area contributed by atoms with Crippen LogP contribution >= 0.6 is 0 Å². The molecule has 0 spiro atoms. The van der Waals surface area contributed by atoms with Crippen LogP contribution in [0, 0.1) is 58.2 Å². The van der Waals surface area contributed by atoms with Crippen molar-refractivity contribution in [3.63, 3.8) is 0 Å². The van der Waals surface area contributed by atoms with Crippen molar-refractivity contribution in [2.45, 2.75) is 0 Å². The van der Waals surface area contributed by atoms with Crippen LogP contribution in [0.4, 0.5) is 78.0 Å². The maximum absolute atomic E-state index is 15.2. The van der Waals surface area contributed by atoms with E-state index in [9.17, 15) is 35.9 Å². The first-order valence-electron chi connectivity index (χ1n) is 18.7. The summed E-state index contributed by atoms with van der Waals surface area (Å²) in [4.78, 5) is 28.4. The zero-order valence-corrected chi connectivity index (χ0v) is 32.0. The van der Waals surface area contributed by atoms with E-state index in [4.69, 9.17) is 8.83 Å². The molecule has 7 aromatic carbocycles. The first-order chi connectivity index (χ1) is 30.7. The maximum Gasteiger partial charge on any atom is 0.344 e. The molecule has 2 aromatic heterocycles. The van der Waals surface area contributed by atoms with Crippen LogP contribution in [-0.4, -0.2) is 0 Å². The lowest BCUT2D eigenvalue weighted by molar-refractivity contribution is 0.380. The fraction of sp³-hybridized carbons (Fsp3) is 0. The highest BCUT2D eigenvalue weighted by molar-refractivity contribution is 5.90. The van der Waals surface area contributed by atoms with Crippen LogP contribution in [0.2, 0.25) is 0 Å². The van der Waals surface area contributed by atoms with Gasteiger partial charge in [-0.15, -0.1) is 0 Å². The van der Waals surface area contributed by atoms with Crippen LogP contribution in [0.3, 0.4) is 0 Å². The minimum absolute atomic E-state index is 0.0230. The van der Waals surface area contributed by atoms with Crippen molar-refractivity contribution in [1.82, 2.24) is 0 Å². The third kappa shape index (κ3) is 6.88. The average molecular weight is 881 g/mol. The van der Waals surface area contributed by atoms with Crippen molar-refractivity contribution in [2.75, 3.05) is 9.80 Å². The van der Waals surface area contributed by atoms with Crippen LogP contribution in [0.1, 0.15) is 0 Å². The van der Waals surface area contributed by atoms with Gasteiger partial charge in [-0.1, -0.05) is 60.7 Å². The number of para-hydroxylation sites is 2. The van der Waals surface area contributed by atoms with Gasteiger partial charge in [0, 0.05) is 34.3 Å². The van der Waals surface area contributed by atoms with Crippen LogP contribution in [0.5, 0.6) is 0 Å². The second-order valence-corrected chi connectivity index (χ2v) is 14.1. The number of nitrogens with zero attached hydrogens (tertiary/aromatic N) is 2. The van der Waals surface area contributed by atoms with Gasteiger partial charge in [0.05, 0.1) is 22.5 Å². The molecule has 0 N–H and O–H groups in total. The van der Waals surface area contributed by atoms with E-state index in [0.717, 1.165) is 9.80 Å². The molecular formula is C48H22F10N2O4. The molecule has 0 saturated carbocycles. The summed E-state index contributed by atoms with van der Waals surface area (Å²) in [5, 5.41) is 0.627. The molecule has 64 heavy (non-hydrogen) atoms. The van der Waals surface area contributed by atoms with Gasteiger partial charge in [-0.3, -0.25) is 0 Å². The Kier molecular flexibility index (Phi) is 10.3. The normalized spacial score (nSPS) is 11.4. The highest BCUT2D eigenvalue weighted by atomic mass is 19.2. The van der Waals surface area contributed by atoms with E-state index in [0.29, 0.717) is 21.9 Å². The smallest absolute Gasteiger partial charge is 0.344 e. The van der Waals surface area contributed by atoms with Crippen molar-refractivity contribution < 1.29 is 52.7 Å². The van der Waals surface area contributed by atoms with E-state index >= 15 is 17.6 Å². The minimum Gasteiger partial charge on any atom is -0.422 e. The molecule has 0 fully saturated rings. The van der Waals surface area contributed by atoms with Crippen LogP contribution < -0.4 is 21.1 Å². The molecule has 2 heterocycles. The van der Waals surface area contributed by atoms with E-state index < -0.39 is 80.8 Å². The van der Waals surface area contributed by atoms with Gasteiger partial charge in [0.1, 0.15) is 22.5 Å². The monoisotopic (exact) mass is 880 g/mol. The lowest BCUT2D eigenvalue weighted by Gasteiger charge is -2.26. The third-order valence-corrected chi connectivity index (χ3v) is 10.3. The Bertz CT molecular complexity index is 3170. The van der Waals surface area contributed by atoms with Gasteiger partial charge >= 0.3 is 11.3 Å². The van der Waals surface area contributed by atoms with E-state index in [-0.39, 0.29) is 45.0 Å². The molecule has 318 valence electrons. The minimum atomic E-state index is -2.33. The molecule has 6 nitrogen and oxygen atoms in total. The molecule has 9 aromatic rings. The number of hydrogen-bond acceptors (Lipinski definition) is 6. The largest absolute Gasteiger partial charge is 0.422 e. The van der Waals surface area contributed by atoms with E-state index in [1.807, 2.05) is 0 Å². The number of benzene rings is 7. The molecule has 0 atom stereocenters. The number of fused-ring (bicyclic) bond motifs is 2. The van der Waals surface area contributed by atoms with Gasteiger partial charge < -0.3 is 18.6 Å². The van der Waals surface area contributed by atoms with Gasteiger partial charge in [-0.05, 0) is 71.8 Å². The molecule has 0 radical (unpaired) electrons. The van der Waals surface area contributed by atoms with E-state index in [2.05, 4.69) is 0 Å². The van der Waals surface area contributed by atoms with Crippen molar-refractivity contribution in [3.05, 3.63) is 212 Å². The number of rotatable bonds is 8. The highest BCUT2D eigenvalue weighted by Crippen LogP contribution is 2.43. The first kappa shape index (κ1) is 41.2. The fourth-order valence-corrected chi connectivity index (χ4v) is 7.26. The van der Waals surface area contributed by atoms with Crippen molar-refractivity contribution >= 4 is 56.1 Å². The summed E-state index contributed by atoms with van der Waals surface area (Å²) in [7, 11) is 0. The molecule has 0 unspecified atom stereocenters. The molecule has 0 aliphatic heterocycles. The quantitative estimate of drug-likeness (QED) is 0.0655. The molecule has 0 bridgehead atoms. The van der Waals surface area contributed by atoms with Gasteiger partial charge in [-0.2, -0.15) is 0 Å². The Morgan fingerprint density at radius 1 is 0.328 bits per heavy atom. The maximum atomic E-state index is 15.2. The van der Waals surface area contributed by atoms with Crippen molar-refractivity contribution in [1.29, 1.82) is 0 Å². The molecule has 9 rings (SSSR count).